The van der Waals surface area contributed by atoms with Gasteiger partial charge < -0.3 is 24.3 Å². The predicted molar refractivity (Wildman–Crippen MR) is 115 cm³/mol. The number of rotatable bonds is 6. The van der Waals surface area contributed by atoms with Crippen LogP contribution in [0.25, 0.3) is 0 Å². The summed E-state index contributed by atoms with van der Waals surface area (Å²) in [5.74, 6) is 0.819. The second-order valence-electron chi connectivity index (χ2n) is 6.68. The smallest absolute Gasteiger partial charge is 0.308 e. The fourth-order valence-electron chi connectivity index (χ4n) is 3.40. The molecule has 0 aliphatic carbocycles. The zero-order valence-electron chi connectivity index (χ0n) is 17.0. The quantitative estimate of drug-likeness (QED) is 0.560. The standard InChI is InChI=1S/C22H25NO5S/c1-5-27-19(24)12-18-22(29)23-16-10-9-13(2)11-15(16)20(28-18)14-7-6-8-17(25-3)21(14)26-4/h6-11,18,20H,5,12H2,1-4H3,(H,23,29)/t18-,20-/m1/s1. The van der Waals surface area contributed by atoms with Crippen LogP contribution in [0.3, 0.4) is 0 Å². The van der Waals surface area contributed by atoms with Crippen molar-refractivity contribution in [3.05, 3.63) is 53.1 Å². The minimum atomic E-state index is -0.641. The lowest BCUT2D eigenvalue weighted by Crippen LogP contribution is -2.31. The third-order valence-corrected chi connectivity index (χ3v) is 5.08. The normalized spacial score (nSPS) is 18.3. The highest BCUT2D eigenvalue weighted by molar-refractivity contribution is 7.80. The van der Waals surface area contributed by atoms with Crippen molar-refractivity contribution in [2.75, 3.05) is 26.1 Å². The first-order valence-electron chi connectivity index (χ1n) is 9.41. The number of benzene rings is 2. The number of carbonyl (C=O) groups is 1. The SMILES string of the molecule is CCOC(=O)C[C@H]1O[C@H](c2cccc(OC)c2OC)c2cc(C)ccc2NC1=S. The van der Waals surface area contributed by atoms with Crippen LogP contribution >= 0.6 is 12.2 Å². The minimum absolute atomic E-state index is 0.0232. The monoisotopic (exact) mass is 415 g/mol. The van der Waals surface area contributed by atoms with E-state index >= 15 is 0 Å². The van der Waals surface area contributed by atoms with Gasteiger partial charge in [-0.2, -0.15) is 0 Å². The zero-order valence-corrected chi connectivity index (χ0v) is 17.8. The summed E-state index contributed by atoms with van der Waals surface area (Å²) in [5, 5.41) is 3.24. The Balaban J connectivity index is 2.10. The number of fused-ring (bicyclic) bond motifs is 1. The molecular formula is C22H25NO5S. The fraction of sp³-hybridized carbons (Fsp3) is 0.364. The molecule has 0 fully saturated rings. The molecule has 0 saturated heterocycles. The number of esters is 1. The van der Waals surface area contributed by atoms with Gasteiger partial charge in [-0.3, -0.25) is 4.79 Å². The molecule has 0 unspecified atom stereocenters. The molecule has 1 aliphatic rings. The van der Waals surface area contributed by atoms with Gasteiger partial charge in [-0.1, -0.05) is 42.0 Å². The number of methoxy groups -OCH3 is 2. The van der Waals surface area contributed by atoms with Crippen LogP contribution in [-0.4, -0.2) is 37.9 Å². The maximum Gasteiger partial charge on any atom is 0.308 e. The first-order valence-corrected chi connectivity index (χ1v) is 9.82. The van der Waals surface area contributed by atoms with E-state index in [1.54, 1.807) is 21.1 Å². The van der Waals surface area contributed by atoms with Gasteiger partial charge in [-0.25, -0.2) is 0 Å². The number of ether oxygens (including phenoxy) is 4. The van der Waals surface area contributed by atoms with Gasteiger partial charge in [-0.15, -0.1) is 0 Å². The number of thiocarbonyl (C=S) groups is 1. The number of aryl methyl sites for hydroxylation is 1. The van der Waals surface area contributed by atoms with E-state index in [4.69, 9.17) is 31.2 Å². The van der Waals surface area contributed by atoms with Crippen LogP contribution in [0.15, 0.2) is 36.4 Å². The Kier molecular flexibility index (Phi) is 6.71. The van der Waals surface area contributed by atoms with Crippen molar-refractivity contribution in [2.45, 2.75) is 32.5 Å². The van der Waals surface area contributed by atoms with Crippen molar-refractivity contribution in [3.63, 3.8) is 0 Å². The van der Waals surface area contributed by atoms with Crippen LogP contribution < -0.4 is 14.8 Å². The number of anilines is 1. The number of hydrogen-bond donors (Lipinski definition) is 1. The summed E-state index contributed by atoms with van der Waals surface area (Å²) >= 11 is 5.54. The first kappa shape index (κ1) is 21.1. The van der Waals surface area contributed by atoms with Gasteiger partial charge in [0.15, 0.2) is 11.5 Å². The second-order valence-corrected chi connectivity index (χ2v) is 7.12. The molecular weight excluding hydrogens is 390 g/mol. The molecule has 7 heteroatoms. The number of carbonyl (C=O) groups excluding carboxylic acids is 1. The largest absolute Gasteiger partial charge is 0.493 e. The molecule has 0 saturated carbocycles. The fourth-order valence-corrected chi connectivity index (χ4v) is 3.65. The highest BCUT2D eigenvalue weighted by Crippen LogP contribution is 2.43. The lowest BCUT2D eigenvalue weighted by molar-refractivity contribution is -0.145. The minimum Gasteiger partial charge on any atom is -0.493 e. The Bertz CT molecular complexity index is 914. The lowest BCUT2D eigenvalue weighted by atomic mass is 9.97. The Morgan fingerprint density at radius 2 is 1.97 bits per heavy atom. The third-order valence-electron chi connectivity index (χ3n) is 4.71. The van der Waals surface area contributed by atoms with Crippen molar-refractivity contribution in [1.29, 1.82) is 0 Å². The topological polar surface area (TPSA) is 66.0 Å². The van der Waals surface area contributed by atoms with Gasteiger partial charge in [0.2, 0.25) is 0 Å². The maximum absolute atomic E-state index is 12.1. The molecule has 3 rings (SSSR count). The Hall–Kier alpha value is -2.64. The van der Waals surface area contributed by atoms with Gasteiger partial charge in [0.1, 0.15) is 17.2 Å². The summed E-state index contributed by atoms with van der Waals surface area (Å²) in [7, 11) is 3.18. The molecule has 6 nitrogen and oxygen atoms in total. The van der Waals surface area contributed by atoms with Gasteiger partial charge in [0.05, 0.1) is 27.2 Å². The van der Waals surface area contributed by atoms with E-state index in [0.717, 1.165) is 22.4 Å². The van der Waals surface area contributed by atoms with Gasteiger partial charge in [0, 0.05) is 16.8 Å². The van der Waals surface area contributed by atoms with Crippen LogP contribution in [0, 0.1) is 6.92 Å². The Morgan fingerprint density at radius 3 is 2.66 bits per heavy atom. The molecule has 0 amide bonds. The average Bonchev–Trinajstić information content (AvgIpc) is 2.84. The molecule has 1 heterocycles. The highest BCUT2D eigenvalue weighted by atomic mass is 32.1. The Labute approximate surface area is 176 Å². The van der Waals surface area contributed by atoms with Crippen LogP contribution in [0.2, 0.25) is 0 Å². The molecule has 0 radical (unpaired) electrons. The molecule has 2 atom stereocenters. The molecule has 1 N–H and O–H groups in total. The van der Waals surface area contributed by atoms with Crippen molar-refractivity contribution in [1.82, 2.24) is 0 Å². The summed E-state index contributed by atoms with van der Waals surface area (Å²) in [6.07, 6.45) is -1.13. The second kappa shape index (κ2) is 9.24. The van der Waals surface area contributed by atoms with E-state index < -0.39 is 12.2 Å². The van der Waals surface area contributed by atoms with Gasteiger partial charge in [0.25, 0.3) is 0 Å². The van der Waals surface area contributed by atoms with Crippen LogP contribution in [0.1, 0.15) is 36.1 Å². The van der Waals surface area contributed by atoms with E-state index in [1.165, 1.54) is 0 Å². The molecule has 2 aromatic rings. The molecule has 154 valence electrons. The lowest BCUT2D eigenvalue weighted by Gasteiger charge is -2.24. The molecule has 0 bridgehead atoms. The Morgan fingerprint density at radius 1 is 1.17 bits per heavy atom. The van der Waals surface area contributed by atoms with Crippen molar-refractivity contribution in [3.8, 4) is 11.5 Å². The van der Waals surface area contributed by atoms with E-state index in [0.29, 0.717) is 23.1 Å². The van der Waals surface area contributed by atoms with Crippen molar-refractivity contribution in [2.24, 2.45) is 0 Å². The van der Waals surface area contributed by atoms with E-state index in [1.807, 2.05) is 43.3 Å². The zero-order chi connectivity index (χ0) is 21.0. The molecule has 0 aromatic heterocycles. The summed E-state index contributed by atoms with van der Waals surface area (Å²) in [4.78, 5) is 12.6. The van der Waals surface area contributed by atoms with Gasteiger partial charge in [-0.05, 0) is 26.0 Å². The molecule has 29 heavy (non-hydrogen) atoms. The molecule has 2 aromatic carbocycles. The molecule has 1 aliphatic heterocycles. The summed E-state index contributed by atoms with van der Waals surface area (Å²) in [6.45, 7) is 4.09. The summed E-state index contributed by atoms with van der Waals surface area (Å²) in [6, 6.07) is 11.6. The summed E-state index contributed by atoms with van der Waals surface area (Å²) < 4.78 is 22.6. The number of para-hydroxylation sites is 1. The van der Waals surface area contributed by atoms with Gasteiger partial charge >= 0.3 is 5.97 Å². The summed E-state index contributed by atoms with van der Waals surface area (Å²) in [5.41, 5.74) is 3.61. The van der Waals surface area contributed by atoms with Crippen LogP contribution in [0.5, 0.6) is 11.5 Å². The molecule has 0 spiro atoms. The van der Waals surface area contributed by atoms with Crippen LogP contribution in [-0.2, 0) is 14.3 Å². The predicted octanol–water partition coefficient (Wildman–Crippen LogP) is 4.19. The van der Waals surface area contributed by atoms with Crippen molar-refractivity contribution < 1.29 is 23.7 Å². The third kappa shape index (κ3) is 4.52. The maximum atomic E-state index is 12.1. The average molecular weight is 416 g/mol. The van der Waals surface area contributed by atoms with E-state index in [9.17, 15) is 4.79 Å². The van der Waals surface area contributed by atoms with E-state index in [-0.39, 0.29) is 12.4 Å². The van der Waals surface area contributed by atoms with Crippen LogP contribution in [0.4, 0.5) is 5.69 Å². The highest BCUT2D eigenvalue weighted by Gasteiger charge is 2.33. The number of nitrogens with one attached hydrogen (secondary N) is 1. The van der Waals surface area contributed by atoms with E-state index in [2.05, 4.69) is 5.32 Å². The van der Waals surface area contributed by atoms with Crippen molar-refractivity contribution >= 4 is 28.9 Å². The number of hydrogen-bond acceptors (Lipinski definition) is 6. The first-order chi connectivity index (χ1) is 14.0.